The van der Waals surface area contributed by atoms with Gasteiger partial charge in [0.2, 0.25) is 5.88 Å². The summed E-state index contributed by atoms with van der Waals surface area (Å²) in [6.07, 6.45) is 0.918. The maximum absolute atomic E-state index is 5.91. The number of nitrogens with zero attached hydrogens (tertiary/aromatic N) is 1. The van der Waals surface area contributed by atoms with Crippen LogP contribution >= 0.6 is 22.9 Å². The first-order valence-electron chi connectivity index (χ1n) is 6.41. The lowest BCUT2D eigenvalue weighted by Gasteiger charge is -2.11. The molecule has 0 aliphatic heterocycles. The minimum Gasteiger partial charge on any atom is -0.477 e. The van der Waals surface area contributed by atoms with Crippen molar-refractivity contribution in [1.29, 1.82) is 0 Å². The van der Waals surface area contributed by atoms with Crippen molar-refractivity contribution in [3.8, 4) is 5.88 Å². The van der Waals surface area contributed by atoms with Crippen molar-refractivity contribution in [3.05, 3.63) is 45.8 Å². The Balaban J connectivity index is 2.00. The second-order valence-corrected chi connectivity index (χ2v) is 6.00. The Morgan fingerprint density at radius 3 is 2.84 bits per heavy atom. The molecule has 0 aromatic carbocycles. The molecule has 0 unspecified atom stereocenters. The highest BCUT2D eigenvalue weighted by Crippen LogP contribution is 2.20. The van der Waals surface area contributed by atoms with E-state index in [2.05, 4.69) is 36.3 Å². The van der Waals surface area contributed by atoms with E-state index in [1.165, 1.54) is 4.88 Å². The highest BCUT2D eigenvalue weighted by atomic mass is 35.5. The Hall–Kier alpha value is -1.06. The van der Waals surface area contributed by atoms with E-state index >= 15 is 0 Å². The van der Waals surface area contributed by atoms with Crippen LogP contribution in [0.15, 0.2) is 29.6 Å². The van der Waals surface area contributed by atoms with Gasteiger partial charge in [0.25, 0.3) is 0 Å². The van der Waals surface area contributed by atoms with Gasteiger partial charge in [-0.05, 0) is 29.0 Å². The van der Waals surface area contributed by atoms with Crippen LogP contribution < -0.4 is 4.74 Å². The Labute approximate surface area is 123 Å². The van der Waals surface area contributed by atoms with E-state index in [4.69, 9.17) is 16.3 Å². The van der Waals surface area contributed by atoms with Gasteiger partial charge in [-0.25, -0.2) is 4.98 Å². The summed E-state index contributed by atoms with van der Waals surface area (Å²) in [5, 5.41) is 2.08. The fourth-order valence-electron chi connectivity index (χ4n) is 1.74. The maximum Gasteiger partial charge on any atom is 0.213 e. The van der Waals surface area contributed by atoms with Gasteiger partial charge in [0.1, 0.15) is 0 Å². The van der Waals surface area contributed by atoms with E-state index in [1.54, 1.807) is 11.3 Å². The first-order chi connectivity index (χ1) is 9.19. The molecule has 0 saturated heterocycles. The maximum atomic E-state index is 5.91. The van der Waals surface area contributed by atoms with Gasteiger partial charge in [-0.15, -0.1) is 22.9 Å². The number of pyridine rings is 1. The quantitative estimate of drug-likeness (QED) is 0.725. The van der Waals surface area contributed by atoms with Gasteiger partial charge in [-0.2, -0.15) is 0 Å². The summed E-state index contributed by atoms with van der Waals surface area (Å²) in [5.74, 6) is 1.55. The topological polar surface area (TPSA) is 22.1 Å². The highest BCUT2D eigenvalue weighted by Gasteiger charge is 2.07. The molecule has 0 spiro atoms. The van der Waals surface area contributed by atoms with Crippen LogP contribution in [0.1, 0.15) is 35.9 Å². The molecule has 0 bridgehead atoms. The molecule has 0 radical (unpaired) electrons. The van der Waals surface area contributed by atoms with E-state index in [0.29, 0.717) is 24.3 Å². The summed E-state index contributed by atoms with van der Waals surface area (Å²) >= 11 is 7.66. The van der Waals surface area contributed by atoms with E-state index in [9.17, 15) is 0 Å². The fourth-order valence-corrected chi connectivity index (χ4v) is 2.58. The standard InChI is InChI=1S/C15H18ClNOS/c1-11(2)14-8-12(10-16)9-15(17-14)18-6-5-13-4-3-7-19-13/h3-4,7-9,11H,5-6,10H2,1-2H3. The molecule has 0 atom stereocenters. The van der Waals surface area contributed by atoms with Crippen LogP contribution in [-0.2, 0) is 12.3 Å². The Bertz CT molecular complexity index is 511. The molecule has 2 aromatic heterocycles. The van der Waals surface area contributed by atoms with Gasteiger partial charge in [-0.1, -0.05) is 19.9 Å². The summed E-state index contributed by atoms with van der Waals surface area (Å²) in [4.78, 5) is 5.85. The van der Waals surface area contributed by atoms with Crippen LogP contribution in [0.4, 0.5) is 0 Å². The van der Waals surface area contributed by atoms with Crippen molar-refractivity contribution in [3.63, 3.8) is 0 Å². The van der Waals surface area contributed by atoms with Crippen LogP contribution in [0.3, 0.4) is 0 Å². The van der Waals surface area contributed by atoms with Crippen molar-refractivity contribution < 1.29 is 4.74 Å². The van der Waals surface area contributed by atoms with Crippen molar-refractivity contribution in [2.75, 3.05) is 6.61 Å². The first-order valence-corrected chi connectivity index (χ1v) is 7.82. The molecule has 19 heavy (non-hydrogen) atoms. The minimum absolute atomic E-state index is 0.378. The predicted octanol–water partition coefficient (Wildman–Crippen LogP) is 4.63. The van der Waals surface area contributed by atoms with Crippen molar-refractivity contribution >= 4 is 22.9 Å². The number of ether oxygens (including phenoxy) is 1. The van der Waals surface area contributed by atoms with Gasteiger partial charge >= 0.3 is 0 Å². The van der Waals surface area contributed by atoms with Gasteiger partial charge in [-0.3, -0.25) is 0 Å². The molecule has 102 valence electrons. The summed E-state index contributed by atoms with van der Waals surface area (Å²) in [6.45, 7) is 4.89. The van der Waals surface area contributed by atoms with Gasteiger partial charge < -0.3 is 4.74 Å². The van der Waals surface area contributed by atoms with E-state index in [1.807, 2.05) is 12.1 Å². The third-order valence-electron chi connectivity index (χ3n) is 2.81. The number of hydrogen-bond donors (Lipinski definition) is 0. The molecule has 0 aliphatic rings. The molecule has 0 saturated carbocycles. The van der Waals surface area contributed by atoms with Crippen LogP contribution in [-0.4, -0.2) is 11.6 Å². The Morgan fingerprint density at radius 2 is 2.21 bits per heavy atom. The third-order valence-corrected chi connectivity index (χ3v) is 4.05. The molecule has 4 heteroatoms. The van der Waals surface area contributed by atoms with Crippen molar-refractivity contribution in [2.24, 2.45) is 0 Å². The number of rotatable bonds is 6. The lowest BCUT2D eigenvalue weighted by Crippen LogP contribution is -2.04. The van der Waals surface area contributed by atoms with Crippen LogP contribution in [0.25, 0.3) is 0 Å². The molecular weight excluding hydrogens is 278 g/mol. The molecule has 0 amide bonds. The average Bonchev–Trinajstić information content (AvgIpc) is 2.91. The lowest BCUT2D eigenvalue weighted by molar-refractivity contribution is 0.309. The summed E-state index contributed by atoms with van der Waals surface area (Å²) in [7, 11) is 0. The van der Waals surface area contributed by atoms with E-state index < -0.39 is 0 Å². The largest absolute Gasteiger partial charge is 0.477 e. The SMILES string of the molecule is CC(C)c1cc(CCl)cc(OCCc2cccs2)n1. The van der Waals surface area contributed by atoms with Crippen LogP contribution in [0.5, 0.6) is 5.88 Å². The molecule has 2 rings (SSSR count). The molecule has 0 N–H and O–H groups in total. The zero-order valence-electron chi connectivity index (χ0n) is 11.2. The molecule has 2 heterocycles. The number of halogens is 1. The Morgan fingerprint density at radius 1 is 1.37 bits per heavy atom. The second-order valence-electron chi connectivity index (χ2n) is 4.70. The second kappa shape index (κ2) is 6.92. The monoisotopic (exact) mass is 295 g/mol. The van der Waals surface area contributed by atoms with Crippen LogP contribution in [0, 0.1) is 0 Å². The molecular formula is C15H18ClNOS. The van der Waals surface area contributed by atoms with Gasteiger partial charge in [0.15, 0.2) is 0 Å². The molecule has 2 nitrogen and oxygen atoms in total. The van der Waals surface area contributed by atoms with Crippen molar-refractivity contribution in [2.45, 2.75) is 32.1 Å². The summed E-state index contributed by atoms with van der Waals surface area (Å²) < 4.78 is 5.75. The smallest absolute Gasteiger partial charge is 0.213 e. The number of thiophene rings is 1. The van der Waals surface area contributed by atoms with Gasteiger partial charge in [0.05, 0.1) is 6.61 Å². The van der Waals surface area contributed by atoms with Crippen LogP contribution in [0.2, 0.25) is 0 Å². The first kappa shape index (κ1) is 14.4. The van der Waals surface area contributed by atoms with E-state index in [0.717, 1.165) is 17.7 Å². The molecule has 2 aromatic rings. The van der Waals surface area contributed by atoms with Gasteiger partial charge in [0, 0.05) is 28.9 Å². The summed E-state index contributed by atoms with van der Waals surface area (Å²) in [5.41, 5.74) is 2.09. The fraction of sp³-hybridized carbons (Fsp3) is 0.400. The molecule has 0 fully saturated rings. The van der Waals surface area contributed by atoms with Crippen molar-refractivity contribution in [1.82, 2.24) is 4.98 Å². The zero-order chi connectivity index (χ0) is 13.7. The Kier molecular flexibility index (Phi) is 5.23. The number of alkyl halides is 1. The number of hydrogen-bond acceptors (Lipinski definition) is 3. The lowest BCUT2D eigenvalue weighted by atomic mass is 10.1. The molecule has 0 aliphatic carbocycles. The zero-order valence-corrected chi connectivity index (χ0v) is 12.8. The minimum atomic E-state index is 0.378. The average molecular weight is 296 g/mol. The third kappa shape index (κ3) is 4.22. The predicted molar refractivity (Wildman–Crippen MR) is 81.4 cm³/mol. The normalized spacial score (nSPS) is 10.9. The van der Waals surface area contributed by atoms with E-state index in [-0.39, 0.29) is 0 Å². The number of aromatic nitrogens is 1. The highest BCUT2D eigenvalue weighted by molar-refractivity contribution is 7.09. The summed E-state index contributed by atoms with van der Waals surface area (Å²) in [6, 6.07) is 8.15.